The van der Waals surface area contributed by atoms with Crippen molar-refractivity contribution in [3.05, 3.63) is 0 Å². The van der Waals surface area contributed by atoms with Crippen LogP contribution in [0.5, 0.6) is 0 Å². The first-order valence-electron chi connectivity index (χ1n) is 23.4. The quantitative estimate of drug-likeness (QED) is 0.0465. The van der Waals surface area contributed by atoms with Gasteiger partial charge in [-0.3, -0.25) is 9.59 Å². The van der Waals surface area contributed by atoms with Crippen LogP contribution in [0.3, 0.4) is 0 Å². The molecule has 0 radical (unpaired) electrons. The molecule has 0 aliphatic rings. The number of ether oxygens (including phenoxy) is 2. The Labute approximate surface area is 320 Å². The smallest absolute Gasteiger partial charge is 0.308 e. The molecule has 0 saturated heterocycles. The lowest BCUT2D eigenvalue weighted by Gasteiger charge is -2.16. The van der Waals surface area contributed by atoms with Gasteiger partial charge in [-0.25, -0.2) is 0 Å². The first kappa shape index (κ1) is 49.9. The maximum atomic E-state index is 12.8. The van der Waals surface area contributed by atoms with E-state index in [-0.39, 0.29) is 23.8 Å². The number of hydrogen-bond acceptors (Lipinski definition) is 4. The van der Waals surface area contributed by atoms with E-state index in [1.807, 2.05) is 6.92 Å². The van der Waals surface area contributed by atoms with Gasteiger partial charge in [-0.2, -0.15) is 0 Å². The number of esters is 2. The zero-order chi connectivity index (χ0) is 37.3. The third-order valence-electron chi connectivity index (χ3n) is 11.1. The van der Waals surface area contributed by atoms with Gasteiger partial charge in [0.2, 0.25) is 0 Å². The fourth-order valence-corrected chi connectivity index (χ4v) is 7.36. The SMILES string of the molecule is CCCCCCCCCC(C)C(=O)OCCCCCCCCCCCCCCCCCCCOC(=O)C(CCCCCC)CCCCCCCC. The van der Waals surface area contributed by atoms with E-state index in [4.69, 9.17) is 9.47 Å². The Hall–Kier alpha value is -1.06. The Morgan fingerprint density at radius 1 is 0.333 bits per heavy atom. The number of carbonyl (C=O) groups excluding carboxylic acids is 2. The summed E-state index contributed by atoms with van der Waals surface area (Å²) in [6, 6.07) is 0. The maximum absolute atomic E-state index is 12.8. The van der Waals surface area contributed by atoms with E-state index >= 15 is 0 Å². The Balaban J connectivity index is 3.52. The maximum Gasteiger partial charge on any atom is 0.308 e. The summed E-state index contributed by atoms with van der Waals surface area (Å²) in [5.74, 6) is 0.294. The highest BCUT2D eigenvalue weighted by molar-refractivity contribution is 5.72. The van der Waals surface area contributed by atoms with Crippen LogP contribution >= 0.6 is 0 Å². The van der Waals surface area contributed by atoms with Crippen LogP contribution in [-0.4, -0.2) is 25.2 Å². The average Bonchev–Trinajstić information content (AvgIpc) is 3.13. The van der Waals surface area contributed by atoms with E-state index < -0.39 is 0 Å². The predicted octanol–water partition coefficient (Wildman–Crippen LogP) is 15.8. The van der Waals surface area contributed by atoms with Gasteiger partial charge >= 0.3 is 11.9 Å². The summed E-state index contributed by atoms with van der Waals surface area (Å²) in [5.41, 5.74) is 0. The molecule has 0 bridgehead atoms. The van der Waals surface area contributed by atoms with E-state index in [0.717, 1.165) is 38.5 Å². The summed E-state index contributed by atoms with van der Waals surface area (Å²) in [7, 11) is 0. The molecule has 2 unspecified atom stereocenters. The summed E-state index contributed by atoms with van der Waals surface area (Å²) in [6.45, 7) is 10.0. The molecule has 0 aromatic rings. The molecule has 51 heavy (non-hydrogen) atoms. The van der Waals surface area contributed by atoms with E-state index in [1.54, 1.807) is 0 Å². The molecular formula is C47H92O4. The molecule has 0 heterocycles. The average molecular weight is 721 g/mol. The second-order valence-electron chi connectivity index (χ2n) is 16.3. The molecule has 0 aliphatic heterocycles. The summed E-state index contributed by atoms with van der Waals surface area (Å²) >= 11 is 0. The second-order valence-corrected chi connectivity index (χ2v) is 16.3. The van der Waals surface area contributed by atoms with Crippen LogP contribution in [0, 0.1) is 11.8 Å². The third kappa shape index (κ3) is 37.1. The van der Waals surface area contributed by atoms with Crippen molar-refractivity contribution >= 4 is 11.9 Å². The van der Waals surface area contributed by atoms with Crippen LogP contribution in [0.15, 0.2) is 0 Å². The van der Waals surface area contributed by atoms with E-state index in [9.17, 15) is 9.59 Å². The molecule has 4 nitrogen and oxygen atoms in total. The monoisotopic (exact) mass is 721 g/mol. The molecule has 0 amide bonds. The number of unbranched alkanes of at least 4 members (excludes halogenated alkanes) is 30. The Kier molecular flexibility index (Phi) is 40.8. The van der Waals surface area contributed by atoms with Crippen molar-refractivity contribution in [2.45, 2.75) is 265 Å². The summed E-state index contributed by atoms with van der Waals surface area (Å²) in [5, 5.41) is 0. The van der Waals surface area contributed by atoms with Gasteiger partial charge < -0.3 is 9.47 Å². The van der Waals surface area contributed by atoms with Gasteiger partial charge in [0, 0.05) is 0 Å². The molecule has 0 rings (SSSR count). The van der Waals surface area contributed by atoms with Gasteiger partial charge in [-0.1, -0.05) is 233 Å². The molecule has 0 aromatic carbocycles. The first-order chi connectivity index (χ1) is 25.1. The van der Waals surface area contributed by atoms with Crippen LogP contribution in [0.4, 0.5) is 0 Å². The van der Waals surface area contributed by atoms with Crippen LogP contribution in [0.25, 0.3) is 0 Å². The van der Waals surface area contributed by atoms with Crippen molar-refractivity contribution in [2.24, 2.45) is 11.8 Å². The first-order valence-corrected chi connectivity index (χ1v) is 23.4. The number of hydrogen-bond donors (Lipinski definition) is 0. The van der Waals surface area contributed by atoms with Gasteiger partial charge in [0.15, 0.2) is 0 Å². The van der Waals surface area contributed by atoms with Crippen molar-refractivity contribution in [3.8, 4) is 0 Å². The summed E-state index contributed by atoms with van der Waals surface area (Å²) in [6.07, 6.45) is 46.8. The largest absolute Gasteiger partial charge is 0.465 e. The third-order valence-corrected chi connectivity index (χ3v) is 11.1. The van der Waals surface area contributed by atoms with Crippen LogP contribution < -0.4 is 0 Å². The second kappa shape index (κ2) is 41.7. The minimum atomic E-state index is 0.0161. The Morgan fingerprint density at radius 2 is 0.588 bits per heavy atom. The van der Waals surface area contributed by atoms with Crippen molar-refractivity contribution < 1.29 is 19.1 Å². The molecule has 0 aromatic heterocycles. The van der Waals surface area contributed by atoms with Gasteiger partial charge in [-0.15, -0.1) is 0 Å². The van der Waals surface area contributed by atoms with Crippen molar-refractivity contribution in [1.29, 1.82) is 0 Å². The van der Waals surface area contributed by atoms with E-state index in [2.05, 4.69) is 20.8 Å². The van der Waals surface area contributed by atoms with Crippen LogP contribution in [0.2, 0.25) is 0 Å². The Bertz CT molecular complexity index is 706. The zero-order valence-corrected chi connectivity index (χ0v) is 35.4. The van der Waals surface area contributed by atoms with Crippen molar-refractivity contribution in [2.75, 3.05) is 13.2 Å². The van der Waals surface area contributed by atoms with Gasteiger partial charge in [0.25, 0.3) is 0 Å². The lowest BCUT2D eigenvalue weighted by molar-refractivity contribution is -0.149. The topological polar surface area (TPSA) is 52.6 Å². The summed E-state index contributed by atoms with van der Waals surface area (Å²) in [4.78, 5) is 25.0. The molecule has 304 valence electrons. The molecule has 0 fully saturated rings. The minimum absolute atomic E-state index is 0.0161. The molecule has 0 saturated carbocycles. The highest BCUT2D eigenvalue weighted by atomic mass is 16.5. The normalized spacial score (nSPS) is 12.6. The minimum Gasteiger partial charge on any atom is -0.465 e. The predicted molar refractivity (Wildman–Crippen MR) is 222 cm³/mol. The number of rotatable bonds is 42. The van der Waals surface area contributed by atoms with Crippen molar-refractivity contribution in [1.82, 2.24) is 0 Å². The van der Waals surface area contributed by atoms with Crippen LogP contribution in [-0.2, 0) is 19.1 Å². The molecule has 0 N–H and O–H groups in total. The highest BCUT2D eigenvalue weighted by Crippen LogP contribution is 2.21. The van der Waals surface area contributed by atoms with Gasteiger partial charge in [0.1, 0.15) is 0 Å². The lowest BCUT2D eigenvalue weighted by atomic mass is 9.94. The fraction of sp³-hybridized carbons (Fsp3) is 0.957. The standard InChI is InChI=1S/C47H92O4/c1-5-8-11-14-27-30-34-39-44(4)46(48)50-42-37-32-28-25-23-21-19-17-16-18-20-22-24-26-29-33-38-43-51-47(49)45(40-35-13-10-7-3)41-36-31-15-12-9-6-2/h44-45H,5-43H2,1-4H3. The highest BCUT2D eigenvalue weighted by Gasteiger charge is 2.19. The molecule has 4 heteroatoms. The molecular weight excluding hydrogens is 629 g/mol. The molecule has 0 spiro atoms. The molecule has 0 aliphatic carbocycles. The molecule has 2 atom stereocenters. The van der Waals surface area contributed by atoms with E-state index in [1.165, 1.54) is 199 Å². The fourth-order valence-electron chi connectivity index (χ4n) is 7.36. The van der Waals surface area contributed by atoms with Crippen LogP contribution in [0.1, 0.15) is 265 Å². The number of carbonyl (C=O) groups is 2. The van der Waals surface area contributed by atoms with Gasteiger partial charge in [-0.05, 0) is 32.1 Å². The van der Waals surface area contributed by atoms with Crippen molar-refractivity contribution in [3.63, 3.8) is 0 Å². The lowest BCUT2D eigenvalue weighted by Crippen LogP contribution is -2.18. The Morgan fingerprint density at radius 3 is 0.941 bits per heavy atom. The summed E-state index contributed by atoms with van der Waals surface area (Å²) < 4.78 is 11.3. The van der Waals surface area contributed by atoms with Gasteiger partial charge in [0.05, 0.1) is 25.0 Å². The zero-order valence-electron chi connectivity index (χ0n) is 35.4. The van der Waals surface area contributed by atoms with E-state index in [0.29, 0.717) is 13.2 Å².